The summed E-state index contributed by atoms with van der Waals surface area (Å²) in [7, 11) is 0. The Morgan fingerprint density at radius 2 is 1.73 bits per heavy atom. The Bertz CT molecular complexity index is 639. The first-order valence-corrected chi connectivity index (χ1v) is 6.89. The van der Waals surface area contributed by atoms with Gasteiger partial charge in [-0.3, -0.25) is 4.79 Å². The third kappa shape index (κ3) is 4.34. The van der Waals surface area contributed by atoms with E-state index in [-0.39, 0.29) is 6.61 Å². The van der Waals surface area contributed by atoms with Crippen molar-refractivity contribution in [1.29, 1.82) is 0 Å². The highest BCUT2D eigenvalue weighted by Gasteiger charge is 2.20. The Balaban J connectivity index is 1.97. The molecule has 0 spiro atoms. The summed E-state index contributed by atoms with van der Waals surface area (Å²) >= 11 is 0. The number of hydrogen-bond donors (Lipinski definition) is 2. The number of primary amides is 1. The molecule has 5 nitrogen and oxygen atoms in total. The molecule has 0 aliphatic rings. The summed E-state index contributed by atoms with van der Waals surface area (Å²) in [6.45, 7) is 2.07. The van der Waals surface area contributed by atoms with Gasteiger partial charge in [0.05, 0.1) is 0 Å². The number of alkyl carbamates (subject to hydrolysis) is 1. The van der Waals surface area contributed by atoms with Crippen LogP contribution in [0.1, 0.15) is 22.7 Å². The quantitative estimate of drug-likeness (QED) is 0.889. The second-order valence-corrected chi connectivity index (χ2v) is 4.95. The van der Waals surface area contributed by atoms with Crippen LogP contribution in [0.25, 0.3) is 0 Å². The lowest BCUT2D eigenvalue weighted by molar-refractivity contribution is -0.120. The first-order chi connectivity index (χ1) is 10.6. The molecule has 0 aliphatic heterocycles. The van der Waals surface area contributed by atoms with E-state index in [0.29, 0.717) is 5.56 Å². The van der Waals surface area contributed by atoms with E-state index in [4.69, 9.17) is 10.5 Å². The molecule has 3 N–H and O–H groups in total. The largest absolute Gasteiger partial charge is 0.445 e. The van der Waals surface area contributed by atoms with Crippen LogP contribution in [0, 0.1) is 6.92 Å². The number of aryl methyl sites for hydroxylation is 1. The van der Waals surface area contributed by atoms with Crippen molar-refractivity contribution in [2.24, 2.45) is 5.73 Å². The van der Waals surface area contributed by atoms with Crippen molar-refractivity contribution in [3.63, 3.8) is 0 Å². The minimum atomic E-state index is -0.913. The second-order valence-electron chi connectivity index (χ2n) is 4.95. The molecule has 0 aliphatic carbocycles. The number of ether oxygens (including phenoxy) is 1. The molecule has 0 fully saturated rings. The van der Waals surface area contributed by atoms with E-state index in [2.05, 4.69) is 5.32 Å². The maximum absolute atomic E-state index is 11.8. The molecule has 0 saturated heterocycles. The van der Waals surface area contributed by atoms with E-state index in [1.54, 1.807) is 12.1 Å². The zero-order valence-electron chi connectivity index (χ0n) is 12.3. The van der Waals surface area contributed by atoms with Gasteiger partial charge in [-0.2, -0.15) is 0 Å². The predicted octanol–water partition coefficient (Wildman–Crippen LogP) is 2.45. The van der Waals surface area contributed by atoms with Gasteiger partial charge in [-0.25, -0.2) is 4.79 Å². The predicted molar refractivity (Wildman–Crippen MR) is 82.9 cm³/mol. The zero-order valence-corrected chi connectivity index (χ0v) is 12.3. The van der Waals surface area contributed by atoms with Crippen molar-refractivity contribution in [3.05, 3.63) is 71.3 Å². The first kappa shape index (κ1) is 15.6. The standard InChI is InChI=1S/C17H18N2O3/c1-12-7-9-14(10-8-12)15(16(18)20)19-17(21)22-11-13-5-3-2-4-6-13/h2-10,15H,11H2,1H3,(H2,18,20)(H,19,21)/t15-/m0/s1. The molecule has 0 unspecified atom stereocenters. The third-order valence-electron chi connectivity index (χ3n) is 3.17. The molecule has 2 amide bonds. The normalized spacial score (nSPS) is 11.5. The number of amides is 2. The van der Waals surface area contributed by atoms with Crippen molar-refractivity contribution in [2.45, 2.75) is 19.6 Å². The van der Waals surface area contributed by atoms with Crippen molar-refractivity contribution < 1.29 is 14.3 Å². The van der Waals surface area contributed by atoms with Crippen molar-refractivity contribution in [3.8, 4) is 0 Å². The molecule has 0 saturated carbocycles. The molecule has 1 atom stereocenters. The van der Waals surface area contributed by atoms with Crippen LogP contribution in [0.5, 0.6) is 0 Å². The summed E-state index contributed by atoms with van der Waals surface area (Å²) in [5.41, 5.74) is 7.89. The van der Waals surface area contributed by atoms with Crippen LogP contribution in [0.4, 0.5) is 4.79 Å². The maximum atomic E-state index is 11.8. The minimum Gasteiger partial charge on any atom is -0.445 e. The summed E-state index contributed by atoms with van der Waals surface area (Å²) < 4.78 is 5.10. The van der Waals surface area contributed by atoms with Gasteiger partial charge in [-0.1, -0.05) is 60.2 Å². The van der Waals surface area contributed by atoms with Gasteiger partial charge in [0.1, 0.15) is 12.6 Å². The number of carbonyl (C=O) groups is 2. The van der Waals surface area contributed by atoms with Crippen molar-refractivity contribution >= 4 is 12.0 Å². The SMILES string of the molecule is Cc1ccc([C@H](NC(=O)OCc2ccccc2)C(N)=O)cc1. The molecule has 0 bridgehead atoms. The Morgan fingerprint density at radius 3 is 2.32 bits per heavy atom. The van der Waals surface area contributed by atoms with E-state index in [0.717, 1.165) is 11.1 Å². The Morgan fingerprint density at radius 1 is 1.09 bits per heavy atom. The topological polar surface area (TPSA) is 81.4 Å². The van der Waals surface area contributed by atoms with Gasteiger partial charge in [-0.05, 0) is 18.1 Å². The van der Waals surface area contributed by atoms with E-state index in [1.165, 1.54) is 0 Å². The van der Waals surface area contributed by atoms with E-state index < -0.39 is 18.0 Å². The molecular weight excluding hydrogens is 280 g/mol. The second kappa shape index (κ2) is 7.26. The average Bonchev–Trinajstić information content (AvgIpc) is 2.52. The number of carbonyl (C=O) groups excluding carboxylic acids is 2. The van der Waals surface area contributed by atoms with Gasteiger partial charge in [-0.15, -0.1) is 0 Å². The molecule has 2 aromatic rings. The Kier molecular flexibility index (Phi) is 5.14. The molecule has 22 heavy (non-hydrogen) atoms. The molecule has 2 rings (SSSR count). The molecule has 0 aromatic heterocycles. The van der Waals surface area contributed by atoms with Crippen LogP contribution < -0.4 is 11.1 Å². The van der Waals surface area contributed by atoms with Crippen molar-refractivity contribution in [1.82, 2.24) is 5.32 Å². The number of nitrogens with two attached hydrogens (primary N) is 1. The fourth-order valence-electron chi connectivity index (χ4n) is 1.96. The van der Waals surface area contributed by atoms with Gasteiger partial charge in [0, 0.05) is 0 Å². The highest BCUT2D eigenvalue weighted by atomic mass is 16.5. The minimum absolute atomic E-state index is 0.131. The van der Waals surface area contributed by atoms with Gasteiger partial charge in [0.25, 0.3) is 0 Å². The van der Waals surface area contributed by atoms with Gasteiger partial charge in [0.15, 0.2) is 0 Å². The van der Waals surface area contributed by atoms with E-state index in [9.17, 15) is 9.59 Å². The molecule has 0 heterocycles. The summed E-state index contributed by atoms with van der Waals surface area (Å²) in [6, 6.07) is 15.6. The van der Waals surface area contributed by atoms with E-state index in [1.807, 2.05) is 49.4 Å². The summed E-state index contributed by atoms with van der Waals surface area (Å²) in [4.78, 5) is 23.4. The highest BCUT2D eigenvalue weighted by Crippen LogP contribution is 2.14. The lowest BCUT2D eigenvalue weighted by Gasteiger charge is -2.16. The maximum Gasteiger partial charge on any atom is 0.408 e. The Hall–Kier alpha value is -2.82. The lowest BCUT2D eigenvalue weighted by atomic mass is 10.1. The summed E-state index contributed by atoms with van der Waals surface area (Å²) in [5.74, 6) is -0.638. The zero-order chi connectivity index (χ0) is 15.9. The molecule has 0 radical (unpaired) electrons. The average molecular weight is 298 g/mol. The molecule has 114 valence electrons. The van der Waals surface area contributed by atoms with Crippen LogP contribution in [0.3, 0.4) is 0 Å². The Labute approximate surface area is 129 Å². The lowest BCUT2D eigenvalue weighted by Crippen LogP contribution is -2.37. The smallest absolute Gasteiger partial charge is 0.408 e. The van der Waals surface area contributed by atoms with Crippen LogP contribution in [0.2, 0.25) is 0 Å². The number of rotatable bonds is 5. The molecule has 2 aromatic carbocycles. The first-order valence-electron chi connectivity index (χ1n) is 6.89. The van der Waals surface area contributed by atoms with Crippen LogP contribution in [-0.2, 0) is 16.1 Å². The molecule has 5 heteroatoms. The number of nitrogens with one attached hydrogen (secondary N) is 1. The van der Waals surface area contributed by atoms with E-state index >= 15 is 0 Å². The van der Waals surface area contributed by atoms with Crippen LogP contribution in [0.15, 0.2) is 54.6 Å². The van der Waals surface area contributed by atoms with Gasteiger partial charge >= 0.3 is 6.09 Å². The summed E-state index contributed by atoms with van der Waals surface area (Å²) in [5, 5.41) is 2.49. The highest BCUT2D eigenvalue weighted by molar-refractivity contribution is 5.85. The summed E-state index contributed by atoms with van der Waals surface area (Å²) in [6.07, 6.45) is -0.687. The van der Waals surface area contributed by atoms with Gasteiger partial charge in [0.2, 0.25) is 5.91 Å². The molecular formula is C17H18N2O3. The third-order valence-corrected chi connectivity index (χ3v) is 3.17. The number of benzene rings is 2. The monoisotopic (exact) mass is 298 g/mol. The van der Waals surface area contributed by atoms with Crippen LogP contribution in [-0.4, -0.2) is 12.0 Å². The van der Waals surface area contributed by atoms with Crippen molar-refractivity contribution in [2.75, 3.05) is 0 Å². The van der Waals surface area contributed by atoms with Gasteiger partial charge < -0.3 is 15.8 Å². The fourth-order valence-corrected chi connectivity index (χ4v) is 1.96. The number of hydrogen-bond acceptors (Lipinski definition) is 3. The fraction of sp³-hybridized carbons (Fsp3) is 0.176. The van der Waals surface area contributed by atoms with Crippen LogP contribution >= 0.6 is 0 Å².